The molecule has 2 amide bonds. The molecule has 5 bridgehead atoms. The summed E-state index contributed by atoms with van der Waals surface area (Å²) in [6.45, 7) is 14.4. The predicted octanol–water partition coefficient (Wildman–Crippen LogP) is 5.30. The minimum Gasteiger partial charge on any atom is -0.507 e. The molecule has 15 heteroatoms. The van der Waals surface area contributed by atoms with E-state index < -0.39 is 89.6 Å². The lowest BCUT2D eigenvalue weighted by Gasteiger charge is -2.38. The minimum absolute atomic E-state index is 0.0580. The molecule has 2 aromatic rings. The van der Waals surface area contributed by atoms with Gasteiger partial charge in [-0.1, -0.05) is 52.8 Å². The largest absolute Gasteiger partial charge is 0.507 e. The molecule has 0 spiro atoms. The van der Waals surface area contributed by atoms with Crippen LogP contribution in [0.15, 0.2) is 42.2 Å². The number of nitrogens with one attached hydrogen (secondary N) is 1. The number of esters is 1. The SMILES string of the molecule is CCCN(C)C(=O)COc1cc2c(O)c3c(O)c(C)c4c(c13)C(=O)C(C)(O/C=C/C(OC)C(C)C(OC(C)=O)C(C)C(O)C(C)C(O)C(C)/C=C/C=C(C)C(=O)N2)O4. The molecule has 58 heavy (non-hydrogen) atoms. The second-order valence-electron chi connectivity index (χ2n) is 15.5. The van der Waals surface area contributed by atoms with Gasteiger partial charge in [0.25, 0.3) is 17.6 Å². The van der Waals surface area contributed by atoms with Crippen LogP contribution in [0.25, 0.3) is 10.8 Å². The molecule has 0 saturated heterocycles. The highest BCUT2D eigenvalue weighted by Crippen LogP contribution is 2.54. The molecule has 3 aliphatic rings. The van der Waals surface area contributed by atoms with Crippen LogP contribution in [0.1, 0.15) is 77.7 Å². The fourth-order valence-electron chi connectivity index (χ4n) is 7.46. The third kappa shape index (κ3) is 9.27. The molecular weight excluding hydrogens is 752 g/mol. The topological polar surface area (TPSA) is 211 Å². The first kappa shape index (κ1) is 45.6. The van der Waals surface area contributed by atoms with E-state index in [-0.39, 0.29) is 50.6 Å². The van der Waals surface area contributed by atoms with Gasteiger partial charge in [0.05, 0.1) is 41.2 Å². The molecule has 0 fully saturated rings. The van der Waals surface area contributed by atoms with Crippen LogP contribution in [0, 0.1) is 30.6 Å². The molecule has 318 valence electrons. The maximum atomic E-state index is 14.4. The van der Waals surface area contributed by atoms with Crippen molar-refractivity contribution in [1.29, 1.82) is 0 Å². The van der Waals surface area contributed by atoms with E-state index in [0.29, 0.717) is 13.0 Å². The van der Waals surface area contributed by atoms with Gasteiger partial charge in [-0.05, 0) is 26.3 Å². The van der Waals surface area contributed by atoms with Crippen LogP contribution in [0.5, 0.6) is 23.0 Å². The number of Topliss-reactive ketones (excluding diaryl/α,β-unsaturated/α-hetero) is 1. The van der Waals surface area contributed by atoms with Crippen molar-refractivity contribution < 1.29 is 63.3 Å². The molecule has 0 saturated carbocycles. The number of carbonyl (C=O) groups is 4. The van der Waals surface area contributed by atoms with Gasteiger partial charge in [0, 0.05) is 80.8 Å². The lowest BCUT2D eigenvalue weighted by atomic mass is 9.78. The van der Waals surface area contributed by atoms with Crippen molar-refractivity contribution >= 4 is 40.0 Å². The number of ketones is 1. The van der Waals surface area contributed by atoms with E-state index in [1.807, 2.05) is 6.92 Å². The maximum Gasteiger partial charge on any atom is 0.312 e. The third-order valence-corrected chi connectivity index (χ3v) is 11.2. The zero-order valence-electron chi connectivity index (χ0n) is 35.1. The highest BCUT2D eigenvalue weighted by atomic mass is 16.7. The summed E-state index contributed by atoms with van der Waals surface area (Å²) in [7, 11) is 3.05. The van der Waals surface area contributed by atoms with Gasteiger partial charge in [-0.3, -0.25) is 19.2 Å². The van der Waals surface area contributed by atoms with Gasteiger partial charge in [-0.25, -0.2) is 0 Å². The van der Waals surface area contributed by atoms with E-state index in [0.717, 1.165) is 0 Å². The Morgan fingerprint density at radius 1 is 0.983 bits per heavy atom. The first-order valence-corrected chi connectivity index (χ1v) is 19.4. The molecule has 3 aliphatic heterocycles. The maximum absolute atomic E-state index is 14.4. The molecule has 0 aromatic heterocycles. The van der Waals surface area contributed by atoms with Gasteiger partial charge in [-0.15, -0.1) is 0 Å². The number of allylic oxidation sites excluding steroid dienone is 2. The van der Waals surface area contributed by atoms with Crippen molar-refractivity contribution in [2.24, 2.45) is 23.7 Å². The Morgan fingerprint density at radius 2 is 1.66 bits per heavy atom. The normalized spacial score (nSPS) is 29.2. The number of benzene rings is 2. The van der Waals surface area contributed by atoms with Crippen LogP contribution in [0.2, 0.25) is 0 Å². The summed E-state index contributed by atoms with van der Waals surface area (Å²) in [4.78, 5) is 54.8. The number of amides is 2. The van der Waals surface area contributed by atoms with Gasteiger partial charge in [0.1, 0.15) is 23.4 Å². The lowest BCUT2D eigenvalue weighted by molar-refractivity contribution is -0.160. The number of aliphatic hydroxyl groups excluding tert-OH is 2. The van der Waals surface area contributed by atoms with Crippen LogP contribution >= 0.6 is 0 Å². The summed E-state index contributed by atoms with van der Waals surface area (Å²) in [6, 6.07) is 1.26. The monoisotopic (exact) mass is 810 g/mol. The Hall–Kier alpha value is -5.12. The number of methoxy groups -OCH3 is 1. The molecule has 9 unspecified atom stereocenters. The first-order chi connectivity index (χ1) is 27.2. The number of likely N-dealkylation sites (N-methyl/N-ethyl adjacent to an activating group) is 1. The van der Waals surface area contributed by atoms with E-state index in [1.165, 1.54) is 64.2 Å². The number of aromatic hydroxyl groups is 2. The number of rotatable bonds is 7. The fourth-order valence-corrected chi connectivity index (χ4v) is 7.46. The number of fused-ring (bicyclic) bond motifs is 14. The quantitative estimate of drug-likeness (QED) is 0.178. The van der Waals surface area contributed by atoms with Crippen LogP contribution < -0.4 is 14.8 Å². The second-order valence-corrected chi connectivity index (χ2v) is 15.5. The number of ether oxygens (including phenoxy) is 5. The summed E-state index contributed by atoms with van der Waals surface area (Å²) in [5.74, 6) is -8.04. The summed E-state index contributed by atoms with van der Waals surface area (Å²) < 4.78 is 29.6. The van der Waals surface area contributed by atoms with Gasteiger partial charge in [-0.2, -0.15) is 0 Å². The number of anilines is 1. The fraction of sp³-hybridized carbons (Fsp3) is 0.535. The van der Waals surface area contributed by atoms with Crippen molar-refractivity contribution in [1.82, 2.24) is 4.90 Å². The van der Waals surface area contributed by atoms with Gasteiger partial charge < -0.3 is 54.3 Å². The van der Waals surface area contributed by atoms with Crippen LogP contribution in [-0.2, 0) is 28.6 Å². The average molecular weight is 811 g/mol. The second kappa shape index (κ2) is 18.6. The van der Waals surface area contributed by atoms with Gasteiger partial charge in [0.15, 0.2) is 12.4 Å². The Morgan fingerprint density at radius 3 is 2.28 bits per heavy atom. The Bertz CT molecular complexity index is 1990. The standard InChI is InChI=1S/C43H58N2O13/c1-12-17-45(10)31(47)20-55-30-19-28-38(51)33-32(30)34-40(26(7)37(33)50)58-43(9,41(34)52)56-18-16-29(54-11)23(4)39(57-27(8)46)25(6)36(49)24(5)35(48)21(2)14-13-15-22(3)42(53)44-28/h13-16,18-19,21,23-25,29,35-36,39,48-51H,12,17,20H2,1-11H3,(H,44,53)/b14-13+,18-16+,22-15?. The number of hydrogen-bond donors (Lipinski definition) is 5. The molecule has 15 nitrogen and oxygen atoms in total. The third-order valence-electron chi connectivity index (χ3n) is 11.2. The Labute approximate surface area is 339 Å². The number of hydrogen-bond acceptors (Lipinski definition) is 13. The molecule has 5 N–H and O–H groups in total. The molecule has 9 atom stereocenters. The molecule has 2 aromatic carbocycles. The van der Waals surface area contributed by atoms with E-state index in [2.05, 4.69) is 5.32 Å². The van der Waals surface area contributed by atoms with Gasteiger partial charge >= 0.3 is 11.8 Å². The van der Waals surface area contributed by atoms with E-state index in [4.69, 9.17) is 23.7 Å². The molecule has 3 heterocycles. The lowest BCUT2D eigenvalue weighted by Crippen LogP contribution is -2.46. The Balaban J connectivity index is 1.93. The first-order valence-electron chi connectivity index (χ1n) is 19.4. The predicted molar refractivity (Wildman–Crippen MR) is 216 cm³/mol. The highest BCUT2D eigenvalue weighted by Gasteiger charge is 2.49. The van der Waals surface area contributed by atoms with Crippen molar-refractivity contribution in [3.05, 3.63) is 53.3 Å². The number of phenols is 2. The molecule has 0 aliphatic carbocycles. The van der Waals surface area contributed by atoms with Crippen molar-refractivity contribution in [2.45, 2.75) is 98.9 Å². The number of nitrogens with zero attached hydrogens (tertiary/aromatic N) is 1. The zero-order chi connectivity index (χ0) is 43.4. The minimum atomic E-state index is -2.02. The highest BCUT2D eigenvalue weighted by molar-refractivity contribution is 6.21. The number of aliphatic hydroxyl groups is 2. The van der Waals surface area contributed by atoms with Crippen LogP contribution in [0.4, 0.5) is 5.69 Å². The van der Waals surface area contributed by atoms with Crippen molar-refractivity contribution in [3.8, 4) is 23.0 Å². The van der Waals surface area contributed by atoms with E-state index >= 15 is 0 Å². The van der Waals surface area contributed by atoms with E-state index in [9.17, 15) is 39.6 Å². The molecule has 5 rings (SSSR count). The molecule has 0 radical (unpaired) electrons. The van der Waals surface area contributed by atoms with Crippen molar-refractivity contribution in [3.63, 3.8) is 0 Å². The van der Waals surface area contributed by atoms with E-state index in [1.54, 1.807) is 46.9 Å². The smallest absolute Gasteiger partial charge is 0.312 e. The summed E-state index contributed by atoms with van der Waals surface area (Å²) in [5, 5.41) is 48.3. The van der Waals surface area contributed by atoms with Crippen LogP contribution in [-0.4, -0.2) is 106 Å². The van der Waals surface area contributed by atoms with Crippen molar-refractivity contribution in [2.75, 3.05) is 32.6 Å². The van der Waals surface area contributed by atoms with Crippen LogP contribution in [0.3, 0.4) is 0 Å². The summed E-state index contributed by atoms with van der Waals surface area (Å²) in [5.41, 5.74) is -0.0111. The zero-order valence-corrected chi connectivity index (χ0v) is 35.1. The Kier molecular flexibility index (Phi) is 14.6. The van der Waals surface area contributed by atoms with Gasteiger partial charge in [0.2, 0.25) is 0 Å². The number of phenolic OH excluding ortho intramolecular Hbond substituents is 2. The summed E-state index contributed by atoms with van der Waals surface area (Å²) in [6.07, 6.45) is 4.29. The molecular formula is C43H58N2O13. The average Bonchev–Trinajstić information content (AvgIpc) is 3.44. The number of carbonyl (C=O) groups excluding carboxylic acids is 4. The summed E-state index contributed by atoms with van der Waals surface area (Å²) >= 11 is 0.